The summed E-state index contributed by atoms with van der Waals surface area (Å²) in [6.45, 7) is 11.9. The average molecular weight is 796 g/mol. The summed E-state index contributed by atoms with van der Waals surface area (Å²) < 4.78 is 29.0. The van der Waals surface area contributed by atoms with E-state index >= 15 is 0 Å². The number of ether oxygens (including phenoxy) is 5. The summed E-state index contributed by atoms with van der Waals surface area (Å²) in [5.41, 5.74) is -1.50. The van der Waals surface area contributed by atoms with Crippen LogP contribution in [0.15, 0.2) is 47.5 Å². The Morgan fingerprint density at radius 1 is 0.947 bits per heavy atom. The number of aliphatic hydroxyl groups is 2. The lowest BCUT2D eigenvalue weighted by molar-refractivity contribution is -0.116. The molecule has 1 fully saturated rings. The van der Waals surface area contributed by atoms with Crippen molar-refractivity contribution < 1.29 is 63.0 Å². The van der Waals surface area contributed by atoms with Gasteiger partial charge in [0.15, 0.2) is 0 Å². The zero-order valence-corrected chi connectivity index (χ0v) is 33.7. The smallest absolute Gasteiger partial charge is 0.407 e. The number of amides is 2. The van der Waals surface area contributed by atoms with E-state index in [4.69, 9.17) is 23.7 Å². The quantitative estimate of drug-likeness (QED) is 0.297. The molecule has 5 N–H and O–H groups in total. The predicted molar refractivity (Wildman–Crippen MR) is 204 cm³/mol. The maximum atomic E-state index is 14.7. The summed E-state index contributed by atoms with van der Waals surface area (Å²) in [4.78, 5) is 71.3. The maximum Gasteiger partial charge on any atom is 0.407 e. The maximum absolute atomic E-state index is 14.7. The molecule has 1 aromatic rings. The Balaban J connectivity index is 1.67. The first-order valence-corrected chi connectivity index (χ1v) is 19.0. The number of phenols is 1. The first-order chi connectivity index (χ1) is 26.9. The van der Waals surface area contributed by atoms with Crippen LogP contribution in [-0.4, -0.2) is 120 Å². The lowest BCUT2D eigenvalue weighted by Gasteiger charge is -2.38. The molecule has 57 heavy (non-hydrogen) atoms. The fourth-order valence-corrected chi connectivity index (χ4v) is 7.76. The van der Waals surface area contributed by atoms with Crippen LogP contribution >= 0.6 is 0 Å². The highest BCUT2D eigenvalue weighted by Gasteiger charge is 2.53. The molecule has 5 aliphatic rings. The first-order valence-electron chi connectivity index (χ1n) is 19.0. The van der Waals surface area contributed by atoms with E-state index in [2.05, 4.69) is 10.6 Å². The van der Waals surface area contributed by atoms with Gasteiger partial charge in [-0.3, -0.25) is 19.2 Å². The Hall–Kier alpha value is -5.03. The molecule has 0 radical (unpaired) electrons. The zero-order valence-electron chi connectivity index (χ0n) is 33.7. The normalized spacial score (nSPS) is 33.5. The number of Topliss-reactive ketones (excluding diaryl/α,β-unsaturated/α-hetero) is 3. The first kappa shape index (κ1) is 43.1. The van der Waals surface area contributed by atoms with Crippen molar-refractivity contribution in [3.8, 4) is 11.5 Å². The summed E-state index contributed by atoms with van der Waals surface area (Å²) >= 11 is 0. The van der Waals surface area contributed by atoms with E-state index in [1.54, 1.807) is 44.7 Å². The number of allylic oxidation sites excluding steroid dienone is 4. The number of ketones is 3. The number of fused-ring (bicyclic) bond motifs is 14. The van der Waals surface area contributed by atoms with Crippen LogP contribution in [-0.2, 0) is 23.7 Å². The van der Waals surface area contributed by atoms with Gasteiger partial charge in [-0.2, -0.15) is 0 Å². The van der Waals surface area contributed by atoms with Gasteiger partial charge in [-0.15, -0.1) is 0 Å². The summed E-state index contributed by atoms with van der Waals surface area (Å²) in [6.07, 6.45) is 2.52. The number of aliphatic hydroxyl groups excluding tert-OH is 2. The number of carbonyl (C=O) groups is 5. The van der Waals surface area contributed by atoms with Crippen LogP contribution in [0.5, 0.6) is 11.5 Å². The van der Waals surface area contributed by atoms with E-state index < -0.39 is 94.5 Å². The molecule has 4 aliphatic heterocycles. The third-order valence-electron chi connectivity index (χ3n) is 11.4. The van der Waals surface area contributed by atoms with Gasteiger partial charge in [0.05, 0.1) is 54.5 Å². The van der Waals surface area contributed by atoms with Crippen molar-refractivity contribution in [2.24, 2.45) is 23.7 Å². The molecule has 16 heteroatoms. The summed E-state index contributed by atoms with van der Waals surface area (Å²) in [6, 6.07) is 0. The summed E-state index contributed by atoms with van der Waals surface area (Å²) in [5, 5.41) is 39.4. The lowest BCUT2D eigenvalue weighted by Crippen LogP contribution is -2.47. The summed E-state index contributed by atoms with van der Waals surface area (Å²) in [5.74, 6) is -8.65. The SMILES string of the molecule is CNC(=O)O[C@@H]1[C@H](C)[C@H](O)[C@H](C)[C@H](O)[C@H](C)/C=C/C=C(/C)C(=O)NC2=C(N3CCOCC3)C(=O)c3c(c(O)c(C)c4c3C(=O)[C@@](C)(O/C=C/[C@H](OC)[C@H]1C)O4)C2=O. The molecule has 1 aromatic carbocycles. The van der Waals surface area contributed by atoms with Crippen molar-refractivity contribution in [3.63, 3.8) is 0 Å². The van der Waals surface area contributed by atoms with Crippen LogP contribution in [0, 0.1) is 30.6 Å². The Morgan fingerprint density at radius 3 is 2.25 bits per heavy atom. The molecule has 0 spiro atoms. The molecule has 1 aliphatic carbocycles. The highest BCUT2D eigenvalue weighted by molar-refractivity contribution is 6.32. The third-order valence-corrected chi connectivity index (χ3v) is 11.4. The number of hydrogen-bond donors (Lipinski definition) is 5. The Bertz CT molecular complexity index is 1930. The minimum Gasteiger partial charge on any atom is -0.507 e. The number of rotatable bonds is 3. The Labute approximate surface area is 331 Å². The highest BCUT2D eigenvalue weighted by Crippen LogP contribution is 2.49. The second-order valence-corrected chi connectivity index (χ2v) is 15.2. The fourth-order valence-electron chi connectivity index (χ4n) is 7.76. The van der Waals surface area contributed by atoms with Crippen LogP contribution in [0.2, 0.25) is 0 Å². The molecule has 9 atom stereocenters. The van der Waals surface area contributed by atoms with Crippen molar-refractivity contribution in [1.29, 1.82) is 0 Å². The number of morpholine rings is 1. The van der Waals surface area contributed by atoms with Gasteiger partial charge in [-0.1, -0.05) is 45.9 Å². The second kappa shape index (κ2) is 17.2. The molecule has 0 saturated carbocycles. The van der Waals surface area contributed by atoms with Gasteiger partial charge in [-0.25, -0.2) is 4.79 Å². The van der Waals surface area contributed by atoms with E-state index in [9.17, 15) is 39.3 Å². The number of aromatic hydroxyl groups is 1. The molecule has 1 saturated heterocycles. The van der Waals surface area contributed by atoms with E-state index in [1.165, 1.54) is 53.3 Å². The number of nitrogens with zero attached hydrogens (tertiary/aromatic N) is 1. The molecular formula is C41H53N3O13. The van der Waals surface area contributed by atoms with Gasteiger partial charge in [-0.05, 0) is 19.9 Å². The minimum atomic E-state index is -2.08. The lowest BCUT2D eigenvalue weighted by atomic mass is 9.78. The van der Waals surface area contributed by atoms with Crippen molar-refractivity contribution >= 4 is 29.4 Å². The molecule has 0 aromatic heterocycles. The number of methoxy groups -OCH3 is 1. The number of carbonyl (C=O) groups excluding carboxylic acids is 5. The van der Waals surface area contributed by atoms with Crippen molar-refractivity contribution in [2.45, 2.75) is 78.7 Å². The number of benzene rings is 1. The number of phenolic OH excluding ortho intramolecular Hbond substituents is 1. The van der Waals surface area contributed by atoms with E-state index in [-0.39, 0.29) is 65.7 Å². The van der Waals surface area contributed by atoms with Gasteiger partial charge in [0, 0.05) is 69.0 Å². The number of hydrogen-bond acceptors (Lipinski definition) is 14. The van der Waals surface area contributed by atoms with E-state index in [0.717, 1.165) is 0 Å². The summed E-state index contributed by atoms with van der Waals surface area (Å²) in [7, 11) is 2.81. The number of nitrogens with one attached hydrogen (secondary N) is 2. The molecule has 310 valence electrons. The minimum absolute atomic E-state index is 0.00236. The van der Waals surface area contributed by atoms with Crippen LogP contribution in [0.3, 0.4) is 0 Å². The topological polar surface area (TPSA) is 219 Å². The van der Waals surface area contributed by atoms with Gasteiger partial charge < -0.3 is 54.5 Å². The standard InChI is InChI=1S/C41H53N3O13/c1-19-11-10-12-20(2)39(51)43-29-30(44-14-17-54-18-15-44)35(49)26-27(34(29)48)33(47)24(6)37-28(26)38(50)41(7,57-37)55-16-13-25(53-9)21(3)36(56-40(52)42-8)23(5)32(46)22(4)31(19)45/h10-13,16,19,21-23,25,31-32,36,45-47H,14-15,17-18H2,1-9H3,(H,42,52)(H,43,51)/b11-10+,16-13+,20-12-/t19-,21-,22-,23-,25+,31-,32-,36+,41+/m1/s1. The fraction of sp³-hybridized carbons (Fsp3) is 0.537. The van der Waals surface area contributed by atoms with Crippen molar-refractivity contribution in [3.05, 3.63) is 69.8 Å². The van der Waals surface area contributed by atoms with Gasteiger partial charge in [0.2, 0.25) is 11.6 Å². The predicted octanol–water partition coefficient (Wildman–Crippen LogP) is 3.08. The van der Waals surface area contributed by atoms with Crippen LogP contribution < -0.4 is 15.4 Å². The van der Waals surface area contributed by atoms with Crippen molar-refractivity contribution in [2.75, 3.05) is 40.5 Å². The Kier molecular flexibility index (Phi) is 13.0. The third kappa shape index (κ3) is 8.08. The monoisotopic (exact) mass is 795 g/mol. The number of alkyl carbamates (subject to hydrolysis) is 1. The molecule has 0 unspecified atom stereocenters. The molecule has 16 nitrogen and oxygen atoms in total. The molecule has 2 amide bonds. The van der Waals surface area contributed by atoms with E-state index in [0.29, 0.717) is 0 Å². The van der Waals surface area contributed by atoms with E-state index in [1.807, 2.05) is 0 Å². The van der Waals surface area contributed by atoms with Crippen LogP contribution in [0.1, 0.15) is 78.2 Å². The van der Waals surface area contributed by atoms with Gasteiger partial charge >= 0.3 is 11.9 Å². The zero-order chi connectivity index (χ0) is 42.1. The molecule has 5 bridgehead atoms. The average Bonchev–Trinajstić information content (AvgIpc) is 3.46. The van der Waals surface area contributed by atoms with Crippen molar-refractivity contribution in [1.82, 2.24) is 15.5 Å². The molecule has 6 rings (SSSR count). The Morgan fingerprint density at radius 2 is 1.61 bits per heavy atom. The van der Waals surface area contributed by atoms with Gasteiger partial charge in [0.25, 0.3) is 11.7 Å². The largest absolute Gasteiger partial charge is 0.507 e. The molecular weight excluding hydrogens is 742 g/mol. The highest BCUT2D eigenvalue weighted by atomic mass is 16.7. The van der Waals surface area contributed by atoms with Crippen LogP contribution in [0.4, 0.5) is 4.79 Å². The van der Waals surface area contributed by atoms with Gasteiger partial charge in [0.1, 0.15) is 29.0 Å². The van der Waals surface area contributed by atoms with Crippen LogP contribution in [0.25, 0.3) is 0 Å². The molecule has 4 heterocycles. The second-order valence-electron chi connectivity index (χ2n) is 15.2.